The zero-order chi connectivity index (χ0) is 10.9. The smallest absolute Gasteiger partial charge is 0.274 e. The third-order valence-corrected chi connectivity index (χ3v) is 4.50. The van der Waals surface area contributed by atoms with Gasteiger partial charge in [-0.05, 0) is 62.8 Å². The summed E-state index contributed by atoms with van der Waals surface area (Å²) in [5.41, 5.74) is -0.548. The number of rotatable bonds is 2. The first kappa shape index (κ1) is 12.5. The monoisotopic (exact) mass is 443 g/mol. The normalized spacial score (nSPS) is 10.7. The molecule has 14 heavy (non-hydrogen) atoms. The van der Waals surface area contributed by atoms with Crippen LogP contribution in [0.3, 0.4) is 0 Å². The number of hydrogen-bond acceptors (Lipinski definition) is 2. The summed E-state index contributed by atoms with van der Waals surface area (Å²) in [6.45, 7) is 0. The molecule has 0 bridgehead atoms. The lowest BCUT2D eigenvalue weighted by molar-refractivity contribution is 0.107. The van der Waals surface area contributed by atoms with Crippen molar-refractivity contribution in [3.05, 3.63) is 24.6 Å². The van der Waals surface area contributed by atoms with Crippen molar-refractivity contribution in [1.29, 1.82) is 0 Å². The minimum Gasteiger partial charge on any atom is -0.274 e. The molecule has 0 saturated carbocycles. The highest BCUT2D eigenvalue weighted by Gasteiger charge is 2.18. The SMILES string of the molecule is O=C(Cl)c1nc(C(F)F)cc(I)c1I. The number of carbonyl (C=O) groups excluding carboxylic acids is 1. The summed E-state index contributed by atoms with van der Waals surface area (Å²) in [5, 5.41) is -0.824. The van der Waals surface area contributed by atoms with Crippen molar-refractivity contribution in [3.63, 3.8) is 0 Å². The van der Waals surface area contributed by atoms with E-state index >= 15 is 0 Å². The van der Waals surface area contributed by atoms with Gasteiger partial charge in [0.05, 0.1) is 3.57 Å². The lowest BCUT2D eigenvalue weighted by Crippen LogP contribution is -2.04. The van der Waals surface area contributed by atoms with Gasteiger partial charge >= 0.3 is 0 Å². The van der Waals surface area contributed by atoms with Crippen LogP contribution in [0.1, 0.15) is 22.6 Å². The van der Waals surface area contributed by atoms with Crippen LogP contribution in [0.25, 0.3) is 0 Å². The van der Waals surface area contributed by atoms with E-state index in [1.54, 1.807) is 0 Å². The van der Waals surface area contributed by atoms with Crippen LogP contribution in [0.5, 0.6) is 0 Å². The highest BCUT2D eigenvalue weighted by Crippen LogP contribution is 2.25. The van der Waals surface area contributed by atoms with Crippen molar-refractivity contribution in [2.45, 2.75) is 6.43 Å². The highest BCUT2D eigenvalue weighted by molar-refractivity contribution is 14.1. The number of carbonyl (C=O) groups is 1. The molecule has 0 amide bonds. The molecule has 76 valence electrons. The van der Waals surface area contributed by atoms with Crippen LogP contribution < -0.4 is 0 Å². The number of hydrogen-bond donors (Lipinski definition) is 0. The second-order valence-electron chi connectivity index (χ2n) is 2.27. The Kier molecular flexibility index (Phi) is 4.44. The van der Waals surface area contributed by atoms with Crippen LogP contribution in [0.15, 0.2) is 6.07 Å². The molecular weight excluding hydrogens is 441 g/mol. The van der Waals surface area contributed by atoms with Crippen molar-refractivity contribution in [2.75, 3.05) is 0 Å². The molecule has 1 heterocycles. The zero-order valence-corrected chi connectivity index (χ0v) is 11.5. The molecule has 0 aliphatic heterocycles. The fraction of sp³-hybridized carbons (Fsp3) is 0.143. The van der Waals surface area contributed by atoms with E-state index in [4.69, 9.17) is 11.6 Å². The Labute approximate surface area is 111 Å². The molecule has 0 atom stereocenters. The quantitative estimate of drug-likeness (QED) is 0.517. The van der Waals surface area contributed by atoms with Gasteiger partial charge in [0.1, 0.15) is 11.4 Å². The first-order valence-corrected chi connectivity index (χ1v) is 5.81. The van der Waals surface area contributed by atoms with E-state index in [0.717, 1.165) is 0 Å². The molecule has 0 radical (unpaired) electrons. The van der Waals surface area contributed by atoms with Gasteiger partial charge in [-0.3, -0.25) is 4.79 Å². The van der Waals surface area contributed by atoms with Crippen LogP contribution in [0, 0.1) is 7.14 Å². The van der Waals surface area contributed by atoms with Gasteiger partial charge in [0.25, 0.3) is 11.7 Å². The topological polar surface area (TPSA) is 30.0 Å². The largest absolute Gasteiger partial charge is 0.280 e. The van der Waals surface area contributed by atoms with Crippen molar-refractivity contribution >= 4 is 62.0 Å². The molecule has 0 fully saturated rings. The van der Waals surface area contributed by atoms with Gasteiger partial charge < -0.3 is 0 Å². The van der Waals surface area contributed by atoms with Crippen molar-refractivity contribution in [2.24, 2.45) is 0 Å². The molecule has 0 saturated heterocycles. The van der Waals surface area contributed by atoms with Crippen LogP contribution in [-0.4, -0.2) is 10.2 Å². The number of alkyl halides is 2. The molecular formula is C7H2ClF2I2NO. The highest BCUT2D eigenvalue weighted by atomic mass is 127. The minimum atomic E-state index is -2.70. The maximum Gasteiger partial charge on any atom is 0.280 e. The lowest BCUT2D eigenvalue weighted by atomic mass is 10.3. The Bertz CT molecular complexity index is 386. The molecule has 0 aliphatic rings. The summed E-state index contributed by atoms with van der Waals surface area (Å²) in [6.07, 6.45) is -2.70. The summed E-state index contributed by atoms with van der Waals surface area (Å²) in [6, 6.07) is 1.23. The van der Waals surface area contributed by atoms with E-state index in [1.807, 2.05) is 45.2 Å². The Morgan fingerprint density at radius 2 is 2.07 bits per heavy atom. The third-order valence-electron chi connectivity index (χ3n) is 1.34. The molecule has 0 unspecified atom stereocenters. The van der Waals surface area contributed by atoms with Gasteiger partial charge in [-0.15, -0.1) is 0 Å². The Morgan fingerprint density at radius 1 is 1.50 bits per heavy atom. The second kappa shape index (κ2) is 4.97. The Balaban J connectivity index is 3.35. The summed E-state index contributed by atoms with van der Waals surface area (Å²) >= 11 is 8.89. The number of aromatic nitrogens is 1. The van der Waals surface area contributed by atoms with Gasteiger partial charge in [-0.25, -0.2) is 13.8 Å². The molecule has 1 aromatic rings. The van der Waals surface area contributed by atoms with Gasteiger partial charge in [0.2, 0.25) is 0 Å². The van der Waals surface area contributed by atoms with Crippen molar-refractivity contribution in [3.8, 4) is 0 Å². The van der Waals surface area contributed by atoms with Gasteiger partial charge in [-0.2, -0.15) is 0 Å². The molecule has 0 N–H and O–H groups in total. The molecule has 1 aromatic heterocycles. The second-order valence-corrected chi connectivity index (χ2v) is 4.85. The predicted molar refractivity (Wildman–Crippen MR) is 64.8 cm³/mol. The van der Waals surface area contributed by atoms with Crippen LogP contribution >= 0.6 is 56.8 Å². The average Bonchev–Trinajstić information content (AvgIpc) is 2.08. The van der Waals surface area contributed by atoms with E-state index in [1.165, 1.54) is 6.07 Å². The van der Waals surface area contributed by atoms with Crippen LogP contribution in [0.2, 0.25) is 0 Å². The first-order chi connectivity index (χ1) is 6.43. The van der Waals surface area contributed by atoms with E-state index in [2.05, 4.69) is 4.98 Å². The summed E-state index contributed by atoms with van der Waals surface area (Å²) in [7, 11) is 0. The van der Waals surface area contributed by atoms with Crippen molar-refractivity contribution in [1.82, 2.24) is 4.98 Å². The third kappa shape index (κ3) is 2.72. The van der Waals surface area contributed by atoms with Crippen LogP contribution in [0.4, 0.5) is 8.78 Å². The van der Waals surface area contributed by atoms with Gasteiger partial charge in [0.15, 0.2) is 0 Å². The Morgan fingerprint density at radius 3 is 2.50 bits per heavy atom. The standard InChI is InChI=1S/C7H2ClF2I2NO/c8-6(14)5-4(12)2(11)1-3(13-5)7(9)10/h1,7H. The van der Waals surface area contributed by atoms with Gasteiger partial charge in [-0.1, -0.05) is 0 Å². The molecule has 7 heteroatoms. The number of pyridine rings is 1. The van der Waals surface area contributed by atoms with E-state index < -0.39 is 17.4 Å². The molecule has 0 spiro atoms. The van der Waals surface area contributed by atoms with Crippen molar-refractivity contribution < 1.29 is 13.6 Å². The number of halogens is 5. The maximum atomic E-state index is 12.3. The fourth-order valence-electron chi connectivity index (χ4n) is 0.759. The summed E-state index contributed by atoms with van der Waals surface area (Å²) in [4.78, 5) is 14.3. The zero-order valence-electron chi connectivity index (χ0n) is 6.40. The predicted octanol–water partition coefficient (Wildman–Crippen LogP) is 3.61. The molecule has 0 aliphatic carbocycles. The minimum absolute atomic E-state index is 0.116. The first-order valence-electron chi connectivity index (χ1n) is 3.27. The van der Waals surface area contributed by atoms with E-state index in [0.29, 0.717) is 7.14 Å². The molecule has 0 aromatic carbocycles. The summed E-state index contributed by atoms with van der Waals surface area (Å²) < 4.78 is 25.6. The van der Waals surface area contributed by atoms with Crippen LogP contribution in [-0.2, 0) is 0 Å². The summed E-state index contributed by atoms with van der Waals surface area (Å²) in [5.74, 6) is 0. The van der Waals surface area contributed by atoms with Gasteiger partial charge in [0, 0.05) is 3.57 Å². The Hall–Kier alpha value is 0.430. The average molecular weight is 443 g/mol. The molecule has 2 nitrogen and oxygen atoms in total. The van der Waals surface area contributed by atoms with E-state index in [-0.39, 0.29) is 5.69 Å². The lowest BCUT2D eigenvalue weighted by Gasteiger charge is -2.05. The number of nitrogens with zero attached hydrogens (tertiary/aromatic N) is 1. The molecule has 1 rings (SSSR count). The maximum absolute atomic E-state index is 12.3. The van der Waals surface area contributed by atoms with E-state index in [9.17, 15) is 13.6 Å². The fourth-order valence-corrected chi connectivity index (χ4v) is 2.15.